The molecule has 0 unspecified atom stereocenters. The van der Waals surface area contributed by atoms with Crippen LogP contribution in [0.25, 0.3) is 44.5 Å². The Kier molecular flexibility index (Phi) is 7.19. The third kappa shape index (κ3) is 4.26. The summed E-state index contributed by atoms with van der Waals surface area (Å²) in [5, 5.41) is 0. The molecule has 0 fully saturated rings. The van der Waals surface area contributed by atoms with Crippen molar-refractivity contribution in [3.8, 4) is 44.5 Å². The second kappa shape index (κ2) is 10.8. The van der Waals surface area contributed by atoms with Crippen LogP contribution in [-0.4, -0.2) is 5.78 Å². The third-order valence-electron chi connectivity index (χ3n) is 11.1. The summed E-state index contributed by atoms with van der Waals surface area (Å²) in [6.45, 7) is 20.6. The van der Waals surface area contributed by atoms with Gasteiger partial charge in [0, 0.05) is 0 Å². The monoisotopic (exact) mass is 628 g/mol. The predicted molar refractivity (Wildman–Crippen MR) is 203 cm³/mol. The van der Waals surface area contributed by atoms with E-state index in [0.717, 1.165) is 22.3 Å². The maximum atomic E-state index is 16.2. The summed E-state index contributed by atoms with van der Waals surface area (Å²) in [6, 6.07) is 43.4. The first-order valence-corrected chi connectivity index (χ1v) is 17.4. The molecule has 2 aliphatic rings. The molecule has 0 saturated heterocycles. The molecule has 0 saturated carbocycles. The molecule has 2 atom stereocenters. The van der Waals surface area contributed by atoms with Crippen LogP contribution in [0.4, 0.5) is 0 Å². The summed E-state index contributed by atoms with van der Waals surface area (Å²) in [7, 11) is 0. The molecule has 0 heterocycles. The van der Waals surface area contributed by atoms with E-state index in [1.807, 2.05) is 0 Å². The Bertz CT molecular complexity index is 2050. The molecule has 242 valence electrons. The van der Waals surface area contributed by atoms with Gasteiger partial charge in [-0.2, -0.15) is 0 Å². The number of carbonyl (C=O) groups excluding carboxylic acids is 1. The molecule has 48 heavy (non-hydrogen) atoms. The average molecular weight is 629 g/mol. The van der Waals surface area contributed by atoms with Crippen LogP contribution in [0.1, 0.15) is 73.4 Å². The highest BCUT2D eigenvalue weighted by molar-refractivity contribution is 6.20. The van der Waals surface area contributed by atoms with Gasteiger partial charge in [-0.05, 0) is 77.5 Å². The fourth-order valence-electron chi connectivity index (χ4n) is 9.17. The van der Waals surface area contributed by atoms with E-state index in [0.29, 0.717) is 5.78 Å². The summed E-state index contributed by atoms with van der Waals surface area (Å²) in [5.41, 5.74) is 10.2. The maximum Gasteiger partial charge on any atom is 0.162 e. The minimum absolute atomic E-state index is 0.237. The van der Waals surface area contributed by atoms with Crippen LogP contribution in [0.5, 0.6) is 0 Å². The molecule has 1 nitrogen and oxygen atoms in total. The predicted octanol–water partition coefficient (Wildman–Crippen LogP) is 12.5. The number of hydrogen-bond donors (Lipinski definition) is 0. The van der Waals surface area contributed by atoms with E-state index < -0.39 is 21.7 Å². The number of carbonyl (C=O) groups is 1. The molecule has 0 radical (unpaired) electrons. The molecule has 0 spiro atoms. The highest BCUT2D eigenvalue weighted by Crippen LogP contribution is 2.74. The van der Waals surface area contributed by atoms with Crippen molar-refractivity contribution < 1.29 is 4.79 Å². The van der Waals surface area contributed by atoms with Gasteiger partial charge in [-0.1, -0.05) is 190 Å². The topological polar surface area (TPSA) is 17.1 Å². The van der Waals surface area contributed by atoms with E-state index >= 15 is 4.79 Å². The molecule has 2 bridgehead atoms. The van der Waals surface area contributed by atoms with Crippen LogP contribution in [0.15, 0.2) is 133 Å². The zero-order valence-corrected chi connectivity index (χ0v) is 30.0. The molecule has 0 aliphatic heterocycles. The van der Waals surface area contributed by atoms with Gasteiger partial charge in [0.05, 0.1) is 10.8 Å². The summed E-state index contributed by atoms with van der Waals surface area (Å²) in [4.78, 5) is 16.2. The second-order valence-electron chi connectivity index (χ2n) is 16.9. The Morgan fingerprint density at radius 3 is 1.06 bits per heavy atom. The van der Waals surface area contributed by atoms with Crippen molar-refractivity contribution in [1.82, 2.24) is 0 Å². The van der Waals surface area contributed by atoms with Crippen molar-refractivity contribution in [3.63, 3.8) is 0 Å². The zero-order valence-electron chi connectivity index (χ0n) is 30.0. The summed E-state index contributed by atoms with van der Waals surface area (Å²) in [5.74, 6) is 0.327. The van der Waals surface area contributed by atoms with Crippen LogP contribution < -0.4 is 0 Å². The highest BCUT2D eigenvalue weighted by Gasteiger charge is 2.74. The lowest BCUT2D eigenvalue weighted by atomic mass is 9.53. The number of benzene rings is 5. The van der Waals surface area contributed by atoms with Crippen molar-refractivity contribution in [2.45, 2.75) is 73.1 Å². The van der Waals surface area contributed by atoms with Gasteiger partial charge < -0.3 is 0 Å². The SMILES string of the molecule is CC(C)(C)C1=C[C@@]2(C(C)(C)C)C(=O)[C@]1(C(C)(C)C)c1c(-c3ccccc3)c(-c3ccccc3)c(-c3ccccc3)c(-c3ccccc3)c12. The standard InChI is InChI=1S/C47H48O/c1-43(2,3)35-30-46(44(4,5)6)40-38(33-26-18-12-19-27-33)36(31-22-14-10-15-23-31)37(32-24-16-11-17-25-32)39(34-28-20-13-21-29-34)41(40)47(35,42(46)48)45(7,8)9/h10-30H,1-9H3/t46-,47+/m0/s1. The van der Waals surface area contributed by atoms with Gasteiger partial charge in [0.15, 0.2) is 5.78 Å². The van der Waals surface area contributed by atoms with Gasteiger partial charge in [-0.25, -0.2) is 0 Å². The minimum Gasteiger partial charge on any atom is -0.297 e. The molecular weight excluding hydrogens is 581 g/mol. The van der Waals surface area contributed by atoms with Crippen molar-refractivity contribution in [1.29, 1.82) is 0 Å². The summed E-state index contributed by atoms with van der Waals surface area (Å²) >= 11 is 0. The molecule has 5 aromatic rings. The number of rotatable bonds is 4. The molecule has 0 amide bonds. The van der Waals surface area contributed by atoms with Crippen molar-refractivity contribution in [3.05, 3.63) is 144 Å². The van der Waals surface area contributed by atoms with Gasteiger partial charge in [-0.3, -0.25) is 4.79 Å². The largest absolute Gasteiger partial charge is 0.297 e. The Labute approximate surface area is 287 Å². The van der Waals surface area contributed by atoms with Gasteiger partial charge in [0.25, 0.3) is 0 Å². The second-order valence-corrected chi connectivity index (χ2v) is 16.9. The molecule has 1 heteroatoms. The fraction of sp³-hybridized carbons (Fsp3) is 0.298. The minimum atomic E-state index is -0.846. The van der Waals surface area contributed by atoms with Crippen LogP contribution in [0, 0.1) is 16.2 Å². The number of hydrogen-bond acceptors (Lipinski definition) is 1. The van der Waals surface area contributed by atoms with E-state index in [1.165, 1.54) is 39.0 Å². The lowest BCUT2D eigenvalue weighted by Crippen LogP contribution is -2.50. The highest BCUT2D eigenvalue weighted by atomic mass is 16.1. The van der Waals surface area contributed by atoms with Crippen molar-refractivity contribution >= 4 is 5.78 Å². The Morgan fingerprint density at radius 2 is 0.750 bits per heavy atom. The molecule has 5 aromatic carbocycles. The molecular formula is C47H48O. The number of Topliss-reactive ketones (excluding diaryl/α,β-unsaturated/α-hetero) is 1. The summed E-state index contributed by atoms with van der Waals surface area (Å²) < 4.78 is 0. The van der Waals surface area contributed by atoms with Gasteiger partial charge in [-0.15, -0.1) is 0 Å². The first-order chi connectivity index (χ1) is 22.7. The van der Waals surface area contributed by atoms with Crippen LogP contribution >= 0.6 is 0 Å². The Balaban J connectivity index is 1.89. The molecule has 0 aromatic heterocycles. The van der Waals surface area contributed by atoms with Crippen LogP contribution in [0.2, 0.25) is 0 Å². The zero-order chi connectivity index (χ0) is 34.3. The third-order valence-corrected chi connectivity index (χ3v) is 11.1. The first-order valence-electron chi connectivity index (χ1n) is 17.4. The van der Waals surface area contributed by atoms with E-state index in [9.17, 15) is 0 Å². The Hall–Kier alpha value is -4.49. The lowest BCUT2D eigenvalue weighted by molar-refractivity contribution is -0.131. The fourth-order valence-corrected chi connectivity index (χ4v) is 9.17. The van der Waals surface area contributed by atoms with E-state index in [2.05, 4.69) is 190 Å². The van der Waals surface area contributed by atoms with Crippen molar-refractivity contribution in [2.75, 3.05) is 0 Å². The van der Waals surface area contributed by atoms with Crippen molar-refractivity contribution in [2.24, 2.45) is 16.2 Å². The quantitative estimate of drug-likeness (QED) is 0.181. The smallest absolute Gasteiger partial charge is 0.162 e. The first kappa shape index (κ1) is 32.1. The molecule has 2 aliphatic carbocycles. The maximum absolute atomic E-state index is 16.2. The average Bonchev–Trinajstić information content (AvgIpc) is 3.49. The Morgan fingerprint density at radius 1 is 0.417 bits per heavy atom. The van der Waals surface area contributed by atoms with Crippen LogP contribution in [0.3, 0.4) is 0 Å². The lowest BCUT2D eigenvalue weighted by Gasteiger charge is -2.48. The van der Waals surface area contributed by atoms with Gasteiger partial charge in [0.1, 0.15) is 0 Å². The van der Waals surface area contributed by atoms with Gasteiger partial charge in [0.2, 0.25) is 0 Å². The van der Waals surface area contributed by atoms with E-state index in [1.54, 1.807) is 0 Å². The molecule has 7 rings (SSSR count). The number of ketones is 1. The van der Waals surface area contributed by atoms with Gasteiger partial charge >= 0.3 is 0 Å². The van der Waals surface area contributed by atoms with Crippen LogP contribution in [-0.2, 0) is 15.6 Å². The van der Waals surface area contributed by atoms with E-state index in [-0.39, 0.29) is 5.41 Å². The normalized spacial score (nSPS) is 20.5. The molecule has 0 N–H and O–H groups in total. The number of fused-ring (bicyclic) bond motifs is 5. The number of allylic oxidation sites excluding steroid dienone is 2. The van der Waals surface area contributed by atoms with E-state index in [4.69, 9.17) is 0 Å². The summed E-state index contributed by atoms with van der Waals surface area (Å²) in [6.07, 6.45) is 2.45.